The monoisotopic (exact) mass is 296 g/mol. The van der Waals surface area contributed by atoms with E-state index >= 15 is 0 Å². The molecule has 110 valence electrons. The number of rotatable bonds is 2. The number of carbonyl (C=O) groups is 1. The van der Waals surface area contributed by atoms with E-state index in [2.05, 4.69) is 4.98 Å². The summed E-state index contributed by atoms with van der Waals surface area (Å²) in [6.45, 7) is 7.26. The number of piperidine rings is 1. The van der Waals surface area contributed by atoms with Gasteiger partial charge in [-0.1, -0.05) is 32.4 Å². The summed E-state index contributed by atoms with van der Waals surface area (Å²) in [4.78, 5) is 18.1. The molecule has 1 aromatic heterocycles. The number of halogens is 1. The first-order chi connectivity index (χ1) is 9.38. The van der Waals surface area contributed by atoms with Crippen molar-refractivity contribution < 1.29 is 9.53 Å². The third-order valence-corrected chi connectivity index (χ3v) is 3.62. The Morgan fingerprint density at radius 2 is 2.25 bits per heavy atom. The van der Waals surface area contributed by atoms with E-state index in [1.807, 2.05) is 25.7 Å². The first kappa shape index (κ1) is 15.1. The second-order valence-corrected chi connectivity index (χ2v) is 6.60. The van der Waals surface area contributed by atoms with Crippen LogP contribution < -0.4 is 4.74 Å². The Morgan fingerprint density at radius 3 is 2.90 bits per heavy atom. The van der Waals surface area contributed by atoms with Crippen LogP contribution >= 0.6 is 11.6 Å². The van der Waals surface area contributed by atoms with Gasteiger partial charge >= 0.3 is 0 Å². The summed E-state index contributed by atoms with van der Waals surface area (Å²) in [6.07, 6.45) is 5.11. The van der Waals surface area contributed by atoms with Crippen molar-refractivity contribution in [2.45, 2.75) is 39.7 Å². The highest BCUT2D eigenvalue weighted by Gasteiger charge is 2.31. The van der Waals surface area contributed by atoms with Crippen LogP contribution in [0.25, 0.3) is 0 Å². The van der Waals surface area contributed by atoms with Gasteiger partial charge in [0.15, 0.2) is 0 Å². The summed E-state index contributed by atoms with van der Waals surface area (Å²) in [7, 11) is 0. The van der Waals surface area contributed by atoms with Crippen LogP contribution in [-0.4, -0.2) is 35.0 Å². The van der Waals surface area contributed by atoms with Crippen LogP contribution in [-0.2, 0) is 4.79 Å². The van der Waals surface area contributed by atoms with E-state index in [1.165, 1.54) is 0 Å². The zero-order chi connectivity index (χ0) is 14.8. The number of carbonyl (C=O) groups excluding carboxylic acids is 1. The number of amides is 1. The smallest absolute Gasteiger partial charge is 0.228 e. The van der Waals surface area contributed by atoms with Gasteiger partial charge in [-0.2, -0.15) is 0 Å². The summed E-state index contributed by atoms with van der Waals surface area (Å²) >= 11 is 6.05. The van der Waals surface area contributed by atoms with E-state index in [0.29, 0.717) is 17.3 Å². The molecule has 0 saturated carbocycles. The molecule has 1 aliphatic heterocycles. The molecule has 1 saturated heterocycles. The molecule has 0 aliphatic carbocycles. The number of pyridine rings is 1. The Hall–Kier alpha value is -1.29. The first-order valence-electron chi connectivity index (χ1n) is 6.93. The number of hydrogen-bond donors (Lipinski definition) is 0. The van der Waals surface area contributed by atoms with Crippen LogP contribution in [0.4, 0.5) is 0 Å². The minimum absolute atomic E-state index is 0.00468. The van der Waals surface area contributed by atoms with Crippen LogP contribution in [0.1, 0.15) is 33.6 Å². The number of aromatic nitrogens is 1. The Balaban J connectivity index is 2.01. The van der Waals surface area contributed by atoms with Gasteiger partial charge in [-0.15, -0.1) is 0 Å². The third kappa shape index (κ3) is 3.63. The standard InChI is InChI=1S/C15H21ClN2O2/c1-15(2,3)14(19)18-8-4-5-11(10-18)20-13-6-7-17-9-12(13)16/h6-7,9,11H,4-5,8,10H2,1-3H3/t11-/m0/s1. The van der Waals surface area contributed by atoms with Crippen LogP contribution in [0.15, 0.2) is 18.5 Å². The van der Waals surface area contributed by atoms with Gasteiger partial charge in [-0.25, -0.2) is 0 Å². The molecule has 0 spiro atoms. The van der Waals surface area contributed by atoms with Crippen LogP contribution in [0.2, 0.25) is 5.02 Å². The van der Waals surface area contributed by atoms with E-state index in [1.54, 1.807) is 18.5 Å². The van der Waals surface area contributed by atoms with Gasteiger partial charge in [0.2, 0.25) is 5.91 Å². The number of likely N-dealkylation sites (tertiary alicyclic amines) is 1. The minimum atomic E-state index is -0.351. The summed E-state index contributed by atoms with van der Waals surface area (Å²) in [5, 5.41) is 0.506. The average molecular weight is 297 g/mol. The molecule has 0 aromatic carbocycles. The topological polar surface area (TPSA) is 42.4 Å². The Labute approximate surface area is 125 Å². The van der Waals surface area contributed by atoms with E-state index in [-0.39, 0.29) is 17.4 Å². The second-order valence-electron chi connectivity index (χ2n) is 6.19. The molecule has 0 bridgehead atoms. The molecule has 1 atom stereocenters. The molecule has 2 heterocycles. The molecule has 2 rings (SSSR count). The zero-order valence-electron chi connectivity index (χ0n) is 12.2. The van der Waals surface area contributed by atoms with Gasteiger partial charge in [0.25, 0.3) is 0 Å². The maximum absolute atomic E-state index is 12.3. The quantitative estimate of drug-likeness (QED) is 0.842. The van der Waals surface area contributed by atoms with Crippen molar-refractivity contribution in [2.24, 2.45) is 5.41 Å². The maximum atomic E-state index is 12.3. The fourth-order valence-corrected chi connectivity index (χ4v) is 2.49. The molecule has 1 fully saturated rings. The van der Waals surface area contributed by atoms with E-state index in [4.69, 9.17) is 16.3 Å². The largest absolute Gasteiger partial charge is 0.487 e. The lowest BCUT2D eigenvalue weighted by atomic mass is 9.93. The van der Waals surface area contributed by atoms with E-state index in [0.717, 1.165) is 19.4 Å². The number of ether oxygens (including phenoxy) is 1. The zero-order valence-corrected chi connectivity index (χ0v) is 13.0. The number of nitrogens with zero attached hydrogens (tertiary/aromatic N) is 2. The summed E-state index contributed by atoms with van der Waals surface area (Å²) in [5.74, 6) is 0.809. The second kappa shape index (κ2) is 6.00. The van der Waals surface area contributed by atoms with Gasteiger partial charge in [0, 0.05) is 30.4 Å². The summed E-state index contributed by atoms with van der Waals surface area (Å²) in [6, 6.07) is 1.76. The normalized spacial score (nSPS) is 19.8. The van der Waals surface area contributed by atoms with Gasteiger partial charge in [-0.3, -0.25) is 9.78 Å². The van der Waals surface area contributed by atoms with Gasteiger partial charge in [0.1, 0.15) is 16.9 Å². The highest BCUT2D eigenvalue weighted by Crippen LogP contribution is 2.27. The lowest BCUT2D eigenvalue weighted by Crippen LogP contribution is -2.48. The van der Waals surface area contributed by atoms with Crippen molar-refractivity contribution in [1.82, 2.24) is 9.88 Å². The molecule has 1 amide bonds. The van der Waals surface area contributed by atoms with Gasteiger partial charge < -0.3 is 9.64 Å². The van der Waals surface area contributed by atoms with Crippen LogP contribution in [0, 0.1) is 5.41 Å². The van der Waals surface area contributed by atoms with Crippen molar-refractivity contribution >= 4 is 17.5 Å². The van der Waals surface area contributed by atoms with Crippen LogP contribution in [0.3, 0.4) is 0 Å². The van der Waals surface area contributed by atoms with E-state index in [9.17, 15) is 4.79 Å². The molecular weight excluding hydrogens is 276 g/mol. The lowest BCUT2D eigenvalue weighted by Gasteiger charge is -2.36. The van der Waals surface area contributed by atoms with Crippen molar-refractivity contribution in [3.05, 3.63) is 23.5 Å². The molecule has 20 heavy (non-hydrogen) atoms. The molecular formula is C15H21ClN2O2. The van der Waals surface area contributed by atoms with Gasteiger partial charge in [-0.05, 0) is 12.8 Å². The highest BCUT2D eigenvalue weighted by molar-refractivity contribution is 6.31. The SMILES string of the molecule is CC(C)(C)C(=O)N1CCC[C@H](Oc2ccncc2Cl)C1. The molecule has 0 N–H and O–H groups in total. The lowest BCUT2D eigenvalue weighted by molar-refractivity contribution is -0.142. The molecule has 4 nitrogen and oxygen atoms in total. The summed E-state index contributed by atoms with van der Waals surface area (Å²) in [5.41, 5.74) is -0.351. The van der Waals surface area contributed by atoms with Gasteiger partial charge in [0.05, 0.1) is 6.54 Å². The highest BCUT2D eigenvalue weighted by atomic mass is 35.5. The third-order valence-electron chi connectivity index (χ3n) is 3.34. The minimum Gasteiger partial charge on any atom is -0.487 e. The summed E-state index contributed by atoms with van der Waals surface area (Å²) < 4.78 is 5.91. The van der Waals surface area contributed by atoms with E-state index < -0.39 is 0 Å². The molecule has 5 heteroatoms. The maximum Gasteiger partial charge on any atom is 0.228 e. The Bertz CT molecular complexity index is 485. The van der Waals surface area contributed by atoms with Crippen molar-refractivity contribution in [3.63, 3.8) is 0 Å². The van der Waals surface area contributed by atoms with Crippen LogP contribution in [0.5, 0.6) is 5.75 Å². The molecule has 1 aliphatic rings. The fraction of sp³-hybridized carbons (Fsp3) is 0.600. The Kier molecular flexibility index (Phi) is 4.53. The molecule has 1 aromatic rings. The fourth-order valence-electron chi connectivity index (χ4n) is 2.33. The van der Waals surface area contributed by atoms with Crippen molar-refractivity contribution in [2.75, 3.05) is 13.1 Å². The molecule has 0 unspecified atom stereocenters. The first-order valence-corrected chi connectivity index (χ1v) is 7.31. The Morgan fingerprint density at radius 1 is 1.50 bits per heavy atom. The average Bonchev–Trinajstić information content (AvgIpc) is 2.40. The van der Waals surface area contributed by atoms with Crippen molar-refractivity contribution in [3.8, 4) is 5.75 Å². The predicted octanol–water partition coefficient (Wildman–Crippen LogP) is 3.15. The van der Waals surface area contributed by atoms with Crippen molar-refractivity contribution in [1.29, 1.82) is 0 Å². The number of hydrogen-bond acceptors (Lipinski definition) is 3. The predicted molar refractivity (Wildman–Crippen MR) is 78.9 cm³/mol. The molecule has 0 radical (unpaired) electrons.